The van der Waals surface area contributed by atoms with E-state index in [1.165, 1.54) is 31.9 Å². The first-order chi connectivity index (χ1) is 14.3. The van der Waals surface area contributed by atoms with E-state index in [0.29, 0.717) is 40.9 Å². The topological polar surface area (TPSA) is 106 Å². The number of carbonyl (C=O) groups excluding carboxylic acids is 1. The van der Waals surface area contributed by atoms with Crippen molar-refractivity contribution in [2.75, 3.05) is 49.1 Å². The second kappa shape index (κ2) is 8.70. The molecular weight excluding hydrogens is 410 g/mol. The molecule has 0 fully saturated rings. The molecule has 10 heteroatoms. The third kappa shape index (κ3) is 4.54. The number of anilines is 3. The molecule has 2 N–H and O–H groups in total. The number of fused-ring (bicyclic) bond motifs is 1. The van der Waals surface area contributed by atoms with Gasteiger partial charge >= 0.3 is 6.03 Å². The number of ether oxygens (including phenoxy) is 3. The minimum Gasteiger partial charge on any atom is -0.493 e. The molecule has 9 nitrogen and oxygen atoms in total. The molecule has 0 aliphatic carbocycles. The smallest absolute Gasteiger partial charge is 0.323 e. The van der Waals surface area contributed by atoms with Crippen molar-refractivity contribution in [2.45, 2.75) is 12.8 Å². The summed E-state index contributed by atoms with van der Waals surface area (Å²) in [5.74, 6) is 1.23. The Balaban J connectivity index is 1.81. The Labute approximate surface area is 176 Å². The number of carbonyl (C=O) groups is 1. The fourth-order valence-electron chi connectivity index (χ4n) is 3.41. The highest BCUT2D eigenvalue weighted by molar-refractivity contribution is 7.92. The average molecular weight is 436 g/mol. The highest BCUT2D eigenvalue weighted by Crippen LogP contribution is 2.40. The van der Waals surface area contributed by atoms with Crippen molar-refractivity contribution < 1.29 is 27.4 Å². The highest BCUT2D eigenvalue weighted by atomic mass is 32.2. The van der Waals surface area contributed by atoms with Gasteiger partial charge in [-0.05, 0) is 30.5 Å². The van der Waals surface area contributed by atoms with Gasteiger partial charge in [-0.2, -0.15) is 0 Å². The molecule has 0 spiro atoms. The van der Waals surface area contributed by atoms with Gasteiger partial charge in [0.25, 0.3) is 0 Å². The number of hydrogen-bond acceptors (Lipinski definition) is 6. The van der Waals surface area contributed by atoms with Crippen LogP contribution < -0.4 is 29.1 Å². The number of amides is 2. The summed E-state index contributed by atoms with van der Waals surface area (Å²) in [7, 11) is 1.08. The fraction of sp³-hybridized carbons (Fsp3) is 0.350. The van der Waals surface area contributed by atoms with Crippen LogP contribution in [0.2, 0.25) is 0 Å². The lowest BCUT2D eigenvalue weighted by Crippen LogP contribution is -2.34. The van der Waals surface area contributed by atoms with Crippen molar-refractivity contribution >= 4 is 33.1 Å². The molecule has 3 rings (SSSR count). The van der Waals surface area contributed by atoms with E-state index in [9.17, 15) is 13.2 Å². The van der Waals surface area contributed by atoms with Crippen molar-refractivity contribution in [1.82, 2.24) is 0 Å². The van der Waals surface area contributed by atoms with Crippen molar-refractivity contribution in [1.29, 1.82) is 0 Å². The van der Waals surface area contributed by atoms with Crippen LogP contribution in [0, 0.1) is 0 Å². The zero-order valence-electron chi connectivity index (χ0n) is 17.3. The largest absolute Gasteiger partial charge is 0.493 e. The van der Waals surface area contributed by atoms with Crippen LogP contribution in [0.4, 0.5) is 21.9 Å². The van der Waals surface area contributed by atoms with Gasteiger partial charge in [-0.1, -0.05) is 6.07 Å². The molecule has 0 bridgehead atoms. The summed E-state index contributed by atoms with van der Waals surface area (Å²) < 4.78 is 41.4. The second-order valence-electron chi connectivity index (χ2n) is 6.78. The van der Waals surface area contributed by atoms with E-state index in [1.54, 1.807) is 24.3 Å². The minimum absolute atomic E-state index is 0.407. The number of rotatable bonds is 6. The van der Waals surface area contributed by atoms with Gasteiger partial charge < -0.3 is 24.8 Å². The summed E-state index contributed by atoms with van der Waals surface area (Å²) in [5, 5.41) is 5.45. The quantitative estimate of drug-likeness (QED) is 0.722. The van der Waals surface area contributed by atoms with Crippen molar-refractivity contribution in [3.05, 3.63) is 35.9 Å². The molecule has 0 unspecified atom stereocenters. The number of methoxy groups -OCH3 is 3. The summed E-state index contributed by atoms with van der Waals surface area (Å²) in [6, 6.07) is 7.98. The molecule has 0 aromatic heterocycles. The maximum absolute atomic E-state index is 12.5. The highest BCUT2D eigenvalue weighted by Gasteiger charge is 2.24. The molecule has 1 aliphatic rings. The monoisotopic (exact) mass is 435 g/mol. The van der Waals surface area contributed by atoms with Gasteiger partial charge in [-0.25, -0.2) is 13.2 Å². The summed E-state index contributed by atoms with van der Waals surface area (Å²) in [4.78, 5) is 12.5. The molecule has 2 amide bonds. The average Bonchev–Trinajstić information content (AvgIpc) is 2.71. The number of benzene rings is 2. The Hall–Kier alpha value is -3.14. The van der Waals surface area contributed by atoms with Crippen LogP contribution in [-0.4, -0.2) is 48.6 Å². The summed E-state index contributed by atoms with van der Waals surface area (Å²) in [6.07, 6.45) is 2.73. The van der Waals surface area contributed by atoms with Crippen LogP contribution in [-0.2, 0) is 16.4 Å². The Morgan fingerprint density at radius 3 is 2.17 bits per heavy atom. The van der Waals surface area contributed by atoms with E-state index in [4.69, 9.17) is 14.2 Å². The third-order valence-electron chi connectivity index (χ3n) is 4.74. The maximum atomic E-state index is 12.5. The Bertz CT molecular complexity index is 1030. The second-order valence-corrected chi connectivity index (χ2v) is 8.68. The molecule has 2 aromatic rings. The van der Waals surface area contributed by atoms with Crippen LogP contribution in [0.25, 0.3) is 0 Å². The zero-order valence-corrected chi connectivity index (χ0v) is 18.1. The maximum Gasteiger partial charge on any atom is 0.323 e. The molecule has 0 saturated heterocycles. The molecule has 162 valence electrons. The van der Waals surface area contributed by atoms with Crippen LogP contribution >= 0.6 is 0 Å². The molecule has 0 radical (unpaired) electrons. The summed E-state index contributed by atoms with van der Waals surface area (Å²) in [6.45, 7) is 0.424. The molecule has 2 aromatic carbocycles. The summed E-state index contributed by atoms with van der Waals surface area (Å²) >= 11 is 0. The molecular formula is C20H25N3O6S. The van der Waals surface area contributed by atoms with Crippen LogP contribution in [0.1, 0.15) is 12.0 Å². The lowest BCUT2D eigenvalue weighted by atomic mass is 10.0. The van der Waals surface area contributed by atoms with E-state index >= 15 is 0 Å². The first-order valence-corrected chi connectivity index (χ1v) is 11.1. The van der Waals surface area contributed by atoms with Gasteiger partial charge in [0.15, 0.2) is 11.5 Å². The van der Waals surface area contributed by atoms with Crippen molar-refractivity contribution in [3.63, 3.8) is 0 Å². The first-order valence-electron chi connectivity index (χ1n) is 9.25. The molecule has 1 aliphatic heterocycles. The number of nitrogens with zero attached hydrogens (tertiary/aromatic N) is 1. The van der Waals surface area contributed by atoms with E-state index in [-0.39, 0.29) is 0 Å². The van der Waals surface area contributed by atoms with E-state index < -0.39 is 16.1 Å². The van der Waals surface area contributed by atoms with E-state index in [1.807, 2.05) is 6.07 Å². The number of hydrogen-bond donors (Lipinski definition) is 2. The van der Waals surface area contributed by atoms with Gasteiger partial charge in [0.2, 0.25) is 15.8 Å². The number of nitrogens with one attached hydrogen (secondary N) is 2. The predicted molar refractivity (Wildman–Crippen MR) is 116 cm³/mol. The molecule has 0 atom stereocenters. The normalized spacial score (nSPS) is 13.3. The van der Waals surface area contributed by atoms with Gasteiger partial charge in [0.05, 0.1) is 39.0 Å². The number of aryl methyl sites for hydroxylation is 1. The molecule has 0 saturated carbocycles. The lowest BCUT2D eigenvalue weighted by Gasteiger charge is -2.29. The van der Waals surface area contributed by atoms with E-state index in [2.05, 4.69) is 10.6 Å². The van der Waals surface area contributed by atoms with Crippen LogP contribution in [0.3, 0.4) is 0 Å². The lowest BCUT2D eigenvalue weighted by molar-refractivity contribution is 0.262. The molecule has 1 heterocycles. The predicted octanol–water partition coefficient (Wildman–Crippen LogP) is 3.07. The van der Waals surface area contributed by atoms with Crippen LogP contribution in [0.5, 0.6) is 17.2 Å². The van der Waals surface area contributed by atoms with E-state index in [0.717, 1.165) is 18.4 Å². The van der Waals surface area contributed by atoms with Gasteiger partial charge in [0.1, 0.15) is 0 Å². The van der Waals surface area contributed by atoms with Crippen LogP contribution in [0.15, 0.2) is 30.3 Å². The zero-order chi connectivity index (χ0) is 21.9. The number of sulfonamides is 1. The van der Waals surface area contributed by atoms with Gasteiger partial charge in [-0.15, -0.1) is 0 Å². The standard InChI is InChI=1S/C20H25N3O6S/c1-27-17-11-15(12-18(28-2)19(17)29-3)22-20(24)21-14-8-7-13-6-5-9-23(16(13)10-14)30(4,25)26/h7-8,10-12H,5-6,9H2,1-4H3,(H2,21,22,24). The molecule has 30 heavy (non-hydrogen) atoms. The van der Waals surface area contributed by atoms with Gasteiger partial charge in [0, 0.05) is 24.4 Å². The van der Waals surface area contributed by atoms with Gasteiger partial charge in [-0.3, -0.25) is 4.31 Å². The SMILES string of the molecule is COc1cc(NC(=O)Nc2ccc3c(c2)N(S(C)(=O)=O)CCC3)cc(OC)c1OC. The Morgan fingerprint density at radius 1 is 0.967 bits per heavy atom. The number of urea groups is 1. The summed E-state index contributed by atoms with van der Waals surface area (Å²) in [5.41, 5.74) is 2.45. The Kier molecular flexibility index (Phi) is 6.25. The fourth-order valence-corrected chi connectivity index (χ4v) is 4.40. The Morgan fingerprint density at radius 2 is 1.60 bits per heavy atom. The van der Waals surface area contributed by atoms with Crippen molar-refractivity contribution in [3.8, 4) is 17.2 Å². The third-order valence-corrected chi connectivity index (χ3v) is 5.92. The minimum atomic E-state index is -3.39. The van der Waals surface area contributed by atoms with Crippen molar-refractivity contribution in [2.24, 2.45) is 0 Å². The first kappa shape index (κ1) is 21.6.